The van der Waals surface area contributed by atoms with E-state index in [0.717, 1.165) is 0 Å². The van der Waals surface area contributed by atoms with E-state index in [4.69, 9.17) is 4.74 Å². The zero-order valence-electron chi connectivity index (χ0n) is 14.4. The second-order valence-corrected chi connectivity index (χ2v) is 6.27. The number of hydrogen-bond acceptors (Lipinski definition) is 3. The molecule has 0 bridgehead atoms. The summed E-state index contributed by atoms with van der Waals surface area (Å²) in [7, 11) is 0. The van der Waals surface area contributed by atoms with Crippen molar-refractivity contribution in [3.8, 4) is 11.5 Å². The average molecular weight is 354 g/mol. The minimum atomic E-state index is -0.400. The first kappa shape index (κ1) is 16.5. The van der Waals surface area contributed by atoms with Crippen molar-refractivity contribution in [2.24, 2.45) is 0 Å². The minimum Gasteiger partial charge on any atom is -0.375 e. The summed E-state index contributed by atoms with van der Waals surface area (Å²) < 4.78 is 23.1. The van der Waals surface area contributed by atoms with Crippen molar-refractivity contribution >= 4 is 5.91 Å². The summed E-state index contributed by atoms with van der Waals surface area (Å²) in [4.78, 5) is 14.9. The lowest BCUT2D eigenvalue weighted by Crippen LogP contribution is -2.44. The van der Waals surface area contributed by atoms with Crippen molar-refractivity contribution in [3.05, 3.63) is 66.4 Å². The Morgan fingerprint density at radius 3 is 2.73 bits per heavy atom. The predicted octanol–water partition coefficient (Wildman–Crippen LogP) is 2.66. The number of para-hydroxylation sites is 1. The van der Waals surface area contributed by atoms with Crippen LogP contribution in [0.1, 0.15) is 17.3 Å². The molecule has 0 radical (unpaired) electrons. The molecule has 0 N–H and O–H groups in total. The number of benzene rings is 1. The Kier molecular flexibility index (Phi) is 4.30. The van der Waals surface area contributed by atoms with Gasteiger partial charge in [-0.2, -0.15) is 5.10 Å². The molecule has 26 heavy (non-hydrogen) atoms. The molecule has 7 heteroatoms. The van der Waals surface area contributed by atoms with Crippen molar-refractivity contribution in [3.63, 3.8) is 0 Å². The molecule has 1 saturated heterocycles. The van der Waals surface area contributed by atoms with Crippen LogP contribution in [0.5, 0.6) is 0 Å². The van der Waals surface area contributed by atoms with Crippen molar-refractivity contribution in [1.82, 2.24) is 19.2 Å². The van der Waals surface area contributed by atoms with Crippen LogP contribution in [0.3, 0.4) is 0 Å². The van der Waals surface area contributed by atoms with E-state index >= 15 is 0 Å². The molecule has 1 aliphatic heterocycles. The van der Waals surface area contributed by atoms with E-state index in [9.17, 15) is 9.18 Å². The fraction of sp³-hybridized carbons (Fsp3) is 0.263. The van der Waals surface area contributed by atoms with Crippen molar-refractivity contribution in [2.45, 2.75) is 13.0 Å². The first-order valence-electron chi connectivity index (χ1n) is 8.52. The number of carbonyl (C=O) groups is 1. The Morgan fingerprint density at radius 1 is 1.23 bits per heavy atom. The number of morpholine rings is 1. The smallest absolute Gasteiger partial charge is 0.259 e. The van der Waals surface area contributed by atoms with Gasteiger partial charge in [-0.25, -0.2) is 9.07 Å². The summed E-state index contributed by atoms with van der Waals surface area (Å²) in [5.74, 6) is -0.0151. The van der Waals surface area contributed by atoms with Crippen LogP contribution < -0.4 is 0 Å². The van der Waals surface area contributed by atoms with E-state index in [0.29, 0.717) is 36.8 Å². The van der Waals surface area contributed by atoms with Crippen molar-refractivity contribution in [1.29, 1.82) is 0 Å². The number of nitrogens with zero attached hydrogens (tertiary/aromatic N) is 4. The van der Waals surface area contributed by atoms with E-state index in [1.807, 2.05) is 31.5 Å². The number of ether oxygens (including phenoxy) is 1. The summed E-state index contributed by atoms with van der Waals surface area (Å²) in [6.07, 6.45) is 5.12. The van der Waals surface area contributed by atoms with Crippen LogP contribution >= 0.6 is 0 Å². The highest BCUT2D eigenvalue weighted by Crippen LogP contribution is 2.23. The Morgan fingerprint density at radius 2 is 2.00 bits per heavy atom. The Bertz CT molecular complexity index is 920. The number of amides is 1. The largest absolute Gasteiger partial charge is 0.375 e. The van der Waals surface area contributed by atoms with Gasteiger partial charge in [-0.15, -0.1) is 0 Å². The van der Waals surface area contributed by atoms with Crippen LogP contribution in [0.4, 0.5) is 4.39 Å². The summed E-state index contributed by atoms with van der Waals surface area (Å²) in [6, 6.07) is 10.1. The maximum Gasteiger partial charge on any atom is 0.259 e. The normalized spacial score (nSPS) is 17.5. The van der Waals surface area contributed by atoms with E-state index in [1.54, 1.807) is 27.7 Å². The number of carbonyl (C=O) groups excluding carboxylic acids is 1. The third kappa shape index (κ3) is 2.90. The van der Waals surface area contributed by atoms with Gasteiger partial charge in [-0.05, 0) is 31.2 Å². The Hall–Kier alpha value is -2.93. The summed E-state index contributed by atoms with van der Waals surface area (Å²) >= 11 is 0. The molecule has 134 valence electrons. The van der Waals surface area contributed by atoms with Crippen LogP contribution in [0.2, 0.25) is 0 Å². The predicted molar refractivity (Wildman–Crippen MR) is 94.2 cm³/mol. The first-order valence-corrected chi connectivity index (χ1v) is 8.52. The van der Waals surface area contributed by atoms with Crippen molar-refractivity contribution < 1.29 is 13.9 Å². The molecule has 1 amide bonds. The third-order valence-electron chi connectivity index (χ3n) is 4.43. The Labute approximate surface area is 150 Å². The molecule has 1 aromatic carbocycles. The van der Waals surface area contributed by atoms with E-state index in [-0.39, 0.29) is 12.0 Å². The van der Waals surface area contributed by atoms with E-state index in [1.165, 1.54) is 16.9 Å². The molecular weight excluding hydrogens is 335 g/mol. The lowest BCUT2D eigenvalue weighted by atomic mass is 10.2. The molecule has 1 unspecified atom stereocenters. The van der Waals surface area contributed by atoms with E-state index in [2.05, 4.69) is 5.10 Å². The summed E-state index contributed by atoms with van der Waals surface area (Å²) in [5.41, 5.74) is 0.726. The van der Waals surface area contributed by atoms with Gasteiger partial charge < -0.3 is 14.2 Å². The molecule has 4 rings (SSSR count). The van der Waals surface area contributed by atoms with Crippen LogP contribution in [0.15, 0.2) is 55.0 Å². The highest BCUT2D eigenvalue weighted by Gasteiger charge is 2.28. The molecule has 1 atom stereocenters. The second-order valence-electron chi connectivity index (χ2n) is 6.27. The topological polar surface area (TPSA) is 52.3 Å². The van der Waals surface area contributed by atoms with Crippen LogP contribution in [0, 0.1) is 5.82 Å². The monoisotopic (exact) mass is 354 g/mol. The molecule has 0 aliphatic carbocycles. The van der Waals surface area contributed by atoms with Gasteiger partial charge in [0.25, 0.3) is 5.91 Å². The molecular formula is C19H19FN4O2. The van der Waals surface area contributed by atoms with Gasteiger partial charge in [-0.3, -0.25) is 4.79 Å². The fourth-order valence-electron chi connectivity index (χ4n) is 3.19. The van der Waals surface area contributed by atoms with Crippen molar-refractivity contribution in [2.75, 3.05) is 19.7 Å². The number of halogens is 1. The summed E-state index contributed by atoms with van der Waals surface area (Å²) in [5, 5.41) is 4.32. The van der Waals surface area contributed by atoms with Crippen LogP contribution in [0.25, 0.3) is 11.5 Å². The van der Waals surface area contributed by atoms with Gasteiger partial charge in [-0.1, -0.05) is 12.1 Å². The third-order valence-corrected chi connectivity index (χ3v) is 4.43. The molecule has 1 aliphatic rings. The van der Waals surface area contributed by atoms with Gasteiger partial charge in [0.05, 0.1) is 18.9 Å². The highest BCUT2D eigenvalue weighted by molar-refractivity contribution is 5.97. The highest BCUT2D eigenvalue weighted by atomic mass is 19.1. The zero-order chi connectivity index (χ0) is 18.1. The van der Waals surface area contributed by atoms with Gasteiger partial charge in [0.15, 0.2) is 5.82 Å². The fourth-order valence-corrected chi connectivity index (χ4v) is 3.19. The van der Waals surface area contributed by atoms with Gasteiger partial charge in [0.1, 0.15) is 17.1 Å². The maximum absolute atomic E-state index is 14.3. The lowest BCUT2D eigenvalue weighted by Gasteiger charge is -2.31. The zero-order valence-corrected chi connectivity index (χ0v) is 14.4. The van der Waals surface area contributed by atoms with Crippen LogP contribution in [-0.4, -0.2) is 51.0 Å². The quantitative estimate of drug-likeness (QED) is 0.727. The summed E-state index contributed by atoms with van der Waals surface area (Å²) in [6.45, 7) is 3.50. The molecule has 3 aromatic rings. The molecule has 0 saturated carbocycles. The minimum absolute atomic E-state index is 0.00987. The molecule has 1 fully saturated rings. The molecule has 0 spiro atoms. The molecule has 2 aromatic heterocycles. The lowest BCUT2D eigenvalue weighted by molar-refractivity contribution is -0.0124. The first-order chi connectivity index (χ1) is 12.6. The van der Waals surface area contributed by atoms with E-state index < -0.39 is 5.82 Å². The number of rotatable bonds is 3. The average Bonchev–Trinajstić information content (AvgIpc) is 3.31. The SMILES string of the molecule is CC1CN(C(=O)c2cnn(-c3ccccc3F)c2-n2cccc2)CCO1. The Balaban J connectivity index is 1.81. The number of hydrogen-bond donors (Lipinski definition) is 0. The van der Waals surface area contributed by atoms with Gasteiger partial charge in [0, 0.05) is 25.5 Å². The standard InChI is InChI=1S/C19H19FN4O2/c1-14-13-23(10-11-26-14)19(25)15-12-21-24(17-7-3-2-6-16(17)20)18(15)22-8-4-5-9-22/h2-9,12,14H,10-11,13H2,1H3. The molecule has 6 nitrogen and oxygen atoms in total. The molecule has 3 heterocycles. The van der Waals surface area contributed by atoms with Crippen LogP contribution in [-0.2, 0) is 4.74 Å². The maximum atomic E-state index is 14.3. The number of aromatic nitrogens is 3. The van der Waals surface area contributed by atoms with Gasteiger partial charge >= 0.3 is 0 Å². The van der Waals surface area contributed by atoms with Gasteiger partial charge in [0.2, 0.25) is 0 Å². The second kappa shape index (κ2) is 6.76.